The maximum Gasteiger partial charge on any atom is 0.459 e. The second-order valence-corrected chi connectivity index (χ2v) is 12.2. The maximum absolute atomic E-state index is 14.0. The van der Waals surface area contributed by atoms with E-state index in [9.17, 15) is 29.6 Å². The molecule has 2 fully saturated rings. The number of hydrogen-bond acceptors (Lipinski definition) is 13. The number of amides is 1. The number of rotatable bonds is 10. The lowest BCUT2D eigenvalue weighted by Gasteiger charge is -2.28. The molecule has 0 bridgehead atoms. The first-order chi connectivity index (χ1) is 20.9. The summed E-state index contributed by atoms with van der Waals surface area (Å²) in [6.07, 6.45) is -3.59. The first kappa shape index (κ1) is 31.3. The molecule has 3 aromatic rings. The van der Waals surface area contributed by atoms with E-state index in [-0.39, 0.29) is 29.7 Å². The zero-order valence-corrected chi connectivity index (χ0v) is 24.7. The van der Waals surface area contributed by atoms with E-state index in [1.54, 1.807) is 35.2 Å². The van der Waals surface area contributed by atoms with Gasteiger partial charge >= 0.3 is 13.7 Å². The van der Waals surface area contributed by atoms with Gasteiger partial charge in [-0.2, -0.15) is 15.4 Å². The second-order valence-electron chi connectivity index (χ2n) is 10.5. The minimum absolute atomic E-state index is 0.116. The van der Waals surface area contributed by atoms with Crippen LogP contribution < -0.4 is 15.3 Å². The number of benzene rings is 1. The average Bonchev–Trinajstić information content (AvgIpc) is 3.71. The summed E-state index contributed by atoms with van der Waals surface area (Å²) in [5, 5.41) is 38.7. The Labute approximate surface area is 251 Å². The predicted octanol–water partition coefficient (Wildman–Crippen LogP) is 0.713. The van der Waals surface area contributed by atoms with Gasteiger partial charge in [0, 0.05) is 19.9 Å². The summed E-state index contributed by atoms with van der Waals surface area (Å²) in [6.45, 7) is 2.65. The summed E-state index contributed by atoms with van der Waals surface area (Å²) in [6, 6.07) is 11.7. The minimum Gasteiger partial charge on any atom is -0.459 e. The van der Waals surface area contributed by atoms with Crippen molar-refractivity contribution in [3.05, 3.63) is 54.5 Å². The standard InChI is InChI=1S/C27H32N7O9P/c1-16(26(38)41-19-10-11-33(12-19)17(2)35)32-44(39,43-18-6-4-3-5-7-18)40-14-27(13-28)24(37)22(36)23(42-27)20-8-9-21-25(29)30-15-31-34(20)21/h3-9,15-16,19,22-24,36-37H,10-12,14H2,1-2H3,(H,32,39)(H2,29,30,31)/t16-,19+,22-,23-,24-,27+,44?/m0/s1. The number of para-hydroxylation sites is 1. The molecule has 234 valence electrons. The Hall–Kier alpha value is -4.10. The lowest BCUT2D eigenvalue weighted by molar-refractivity contribution is -0.150. The van der Waals surface area contributed by atoms with Crippen molar-refractivity contribution in [3.8, 4) is 11.8 Å². The van der Waals surface area contributed by atoms with Crippen LogP contribution in [0.5, 0.6) is 5.75 Å². The highest BCUT2D eigenvalue weighted by molar-refractivity contribution is 7.52. The number of nitrogen functional groups attached to an aromatic ring is 1. The fourth-order valence-corrected chi connectivity index (χ4v) is 6.55. The monoisotopic (exact) mass is 629 g/mol. The van der Waals surface area contributed by atoms with Crippen LogP contribution in [0.15, 0.2) is 48.8 Å². The molecule has 16 nitrogen and oxygen atoms in total. The van der Waals surface area contributed by atoms with Crippen molar-refractivity contribution in [2.75, 3.05) is 25.4 Å². The van der Waals surface area contributed by atoms with Gasteiger partial charge in [-0.3, -0.25) is 14.1 Å². The lowest BCUT2D eigenvalue weighted by Crippen LogP contribution is -2.46. The van der Waals surface area contributed by atoms with Gasteiger partial charge in [0.05, 0.1) is 12.2 Å². The van der Waals surface area contributed by atoms with E-state index in [1.807, 2.05) is 6.07 Å². The molecule has 2 saturated heterocycles. The van der Waals surface area contributed by atoms with Crippen LogP contribution >= 0.6 is 7.75 Å². The van der Waals surface area contributed by atoms with Crippen molar-refractivity contribution in [3.63, 3.8) is 0 Å². The number of carbonyl (C=O) groups is 2. The van der Waals surface area contributed by atoms with E-state index >= 15 is 0 Å². The number of anilines is 1. The van der Waals surface area contributed by atoms with Crippen LogP contribution in [0.4, 0.5) is 5.82 Å². The molecule has 4 heterocycles. The number of nitrogens with two attached hydrogens (primary N) is 1. The summed E-state index contributed by atoms with van der Waals surface area (Å²) in [5.41, 5.74) is 4.36. The summed E-state index contributed by atoms with van der Waals surface area (Å²) < 4.78 is 38.1. The SMILES string of the molecule is CC(=O)N1CC[C@@H](OC(=O)[C@H](C)NP(=O)(OC[C@@]2(C#N)O[C@@H](c3ccc4c(N)ncnn34)[C@H](O)[C@@H]2O)Oc2ccccc2)C1. The van der Waals surface area contributed by atoms with Crippen molar-refractivity contribution < 1.29 is 42.9 Å². The highest BCUT2D eigenvalue weighted by atomic mass is 31.2. The van der Waals surface area contributed by atoms with Crippen molar-refractivity contribution in [2.45, 2.75) is 56.3 Å². The number of hydrogen-bond donors (Lipinski definition) is 4. The van der Waals surface area contributed by atoms with Crippen LogP contribution in [-0.4, -0.2) is 91.2 Å². The van der Waals surface area contributed by atoms with E-state index in [1.165, 1.54) is 36.8 Å². The molecule has 2 aliphatic heterocycles. The molecule has 1 unspecified atom stereocenters. The number of nitrogens with one attached hydrogen (secondary N) is 1. The quantitative estimate of drug-likeness (QED) is 0.179. The number of likely N-dealkylation sites (tertiary alicyclic amines) is 1. The van der Waals surface area contributed by atoms with E-state index in [2.05, 4.69) is 15.2 Å². The van der Waals surface area contributed by atoms with Crippen LogP contribution in [0.2, 0.25) is 0 Å². The number of esters is 1. The fraction of sp³-hybridized carbons (Fsp3) is 0.444. The molecular formula is C27H32N7O9P. The number of aromatic nitrogens is 3. The zero-order valence-electron chi connectivity index (χ0n) is 23.8. The maximum atomic E-state index is 14.0. The van der Waals surface area contributed by atoms with Gasteiger partial charge in [0.25, 0.3) is 0 Å². The van der Waals surface area contributed by atoms with Gasteiger partial charge in [0.2, 0.25) is 11.5 Å². The molecule has 0 radical (unpaired) electrons. The number of aliphatic hydroxyl groups excluding tert-OH is 2. The highest BCUT2D eigenvalue weighted by Gasteiger charge is 2.57. The van der Waals surface area contributed by atoms with Gasteiger partial charge in [-0.1, -0.05) is 18.2 Å². The van der Waals surface area contributed by atoms with E-state index in [0.717, 1.165) is 0 Å². The van der Waals surface area contributed by atoms with Gasteiger partial charge in [-0.15, -0.1) is 0 Å². The van der Waals surface area contributed by atoms with Crippen LogP contribution in [0.3, 0.4) is 0 Å². The van der Waals surface area contributed by atoms with Gasteiger partial charge in [-0.25, -0.2) is 14.1 Å². The lowest BCUT2D eigenvalue weighted by atomic mass is 9.96. The summed E-state index contributed by atoms with van der Waals surface area (Å²) >= 11 is 0. The molecule has 17 heteroatoms. The molecule has 44 heavy (non-hydrogen) atoms. The Kier molecular flexibility index (Phi) is 8.89. The third-order valence-electron chi connectivity index (χ3n) is 7.44. The predicted molar refractivity (Wildman–Crippen MR) is 152 cm³/mol. The first-order valence-electron chi connectivity index (χ1n) is 13.7. The van der Waals surface area contributed by atoms with Crippen LogP contribution in [-0.2, 0) is 28.2 Å². The first-order valence-corrected chi connectivity index (χ1v) is 15.3. The van der Waals surface area contributed by atoms with Crippen molar-refractivity contribution >= 4 is 31.0 Å². The fourth-order valence-electron chi connectivity index (χ4n) is 5.03. The van der Waals surface area contributed by atoms with Gasteiger partial charge in [0.15, 0.2) is 5.82 Å². The Balaban J connectivity index is 1.34. The van der Waals surface area contributed by atoms with Crippen LogP contribution in [0, 0.1) is 11.3 Å². The molecule has 5 N–H and O–H groups in total. The van der Waals surface area contributed by atoms with E-state index < -0.39 is 56.4 Å². The molecule has 1 aromatic carbocycles. The molecule has 0 saturated carbocycles. The molecule has 2 aromatic heterocycles. The Morgan fingerprint density at radius 2 is 2.05 bits per heavy atom. The van der Waals surface area contributed by atoms with E-state index in [4.69, 9.17) is 24.3 Å². The number of aliphatic hydroxyl groups is 2. The minimum atomic E-state index is -4.49. The number of ether oxygens (including phenoxy) is 2. The Morgan fingerprint density at radius 1 is 1.30 bits per heavy atom. The third-order valence-corrected chi connectivity index (χ3v) is 9.06. The number of fused-ring (bicyclic) bond motifs is 1. The molecule has 0 aliphatic carbocycles. The van der Waals surface area contributed by atoms with Gasteiger partial charge in [0.1, 0.15) is 60.7 Å². The average molecular weight is 630 g/mol. The molecule has 1 amide bonds. The third kappa shape index (κ3) is 6.25. The normalized spacial score (nSPS) is 27.0. The van der Waals surface area contributed by atoms with Gasteiger partial charge in [-0.05, 0) is 31.2 Å². The molecular weight excluding hydrogens is 597 g/mol. The molecule has 0 spiro atoms. The topological polar surface area (TPSA) is 224 Å². The summed E-state index contributed by atoms with van der Waals surface area (Å²) in [5.74, 6) is -0.632. The van der Waals surface area contributed by atoms with E-state index in [0.29, 0.717) is 18.5 Å². The Bertz CT molecular complexity index is 1620. The number of nitrogens with zero attached hydrogens (tertiary/aromatic N) is 5. The number of carbonyl (C=O) groups excluding carboxylic acids is 2. The van der Waals surface area contributed by atoms with Crippen molar-refractivity contribution in [1.29, 1.82) is 5.26 Å². The molecule has 5 rings (SSSR count). The number of nitriles is 1. The van der Waals surface area contributed by atoms with Crippen molar-refractivity contribution in [1.82, 2.24) is 24.6 Å². The van der Waals surface area contributed by atoms with Gasteiger partial charge < -0.3 is 34.8 Å². The Morgan fingerprint density at radius 3 is 2.73 bits per heavy atom. The second kappa shape index (κ2) is 12.5. The largest absolute Gasteiger partial charge is 0.459 e. The van der Waals surface area contributed by atoms with Crippen molar-refractivity contribution in [2.24, 2.45) is 0 Å². The highest BCUT2D eigenvalue weighted by Crippen LogP contribution is 2.48. The summed E-state index contributed by atoms with van der Waals surface area (Å²) in [4.78, 5) is 30.0. The smallest absolute Gasteiger partial charge is 0.459 e. The van der Waals surface area contributed by atoms with Crippen LogP contribution in [0.25, 0.3) is 5.52 Å². The molecule has 2 aliphatic rings. The zero-order chi connectivity index (χ0) is 31.6. The summed E-state index contributed by atoms with van der Waals surface area (Å²) in [7, 11) is -4.49. The molecule has 7 atom stereocenters. The van der Waals surface area contributed by atoms with Crippen LogP contribution in [0.1, 0.15) is 32.1 Å².